The van der Waals surface area contributed by atoms with Gasteiger partial charge < -0.3 is 5.32 Å². The van der Waals surface area contributed by atoms with Crippen molar-refractivity contribution in [2.75, 3.05) is 11.9 Å². The number of rotatable bonds is 4. The Balaban J connectivity index is 2.47. The Hall–Kier alpha value is -1.56. The number of terminal acetylenes is 1. The molecule has 0 radical (unpaired) electrons. The Labute approximate surface area is 85.0 Å². The SMILES string of the molecule is C#CCCCNc1cc(C)nc(C)n1. The van der Waals surface area contributed by atoms with Crippen molar-refractivity contribution in [1.82, 2.24) is 9.97 Å². The van der Waals surface area contributed by atoms with E-state index < -0.39 is 0 Å². The highest BCUT2D eigenvalue weighted by Gasteiger charge is 1.96. The summed E-state index contributed by atoms with van der Waals surface area (Å²) in [6, 6.07) is 1.93. The molecular weight excluding hydrogens is 174 g/mol. The van der Waals surface area contributed by atoms with Gasteiger partial charge in [-0.15, -0.1) is 12.3 Å². The topological polar surface area (TPSA) is 37.8 Å². The second kappa shape index (κ2) is 5.23. The molecule has 1 aromatic rings. The number of aromatic nitrogens is 2. The summed E-state index contributed by atoms with van der Waals surface area (Å²) >= 11 is 0. The molecule has 0 spiro atoms. The second-order valence-corrected chi connectivity index (χ2v) is 3.18. The summed E-state index contributed by atoms with van der Waals surface area (Å²) in [5.74, 6) is 4.28. The van der Waals surface area contributed by atoms with Gasteiger partial charge in [0, 0.05) is 24.7 Å². The standard InChI is InChI=1S/C11H15N3/c1-4-5-6-7-12-11-8-9(2)13-10(3)14-11/h1,8H,5-7H2,2-3H3,(H,12,13,14). The van der Waals surface area contributed by atoms with E-state index in [2.05, 4.69) is 21.2 Å². The summed E-state index contributed by atoms with van der Waals surface area (Å²) < 4.78 is 0. The molecule has 1 N–H and O–H groups in total. The van der Waals surface area contributed by atoms with E-state index in [1.807, 2.05) is 19.9 Å². The smallest absolute Gasteiger partial charge is 0.129 e. The highest BCUT2D eigenvalue weighted by molar-refractivity contribution is 5.35. The summed E-state index contributed by atoms with van der Waals surface area (Å²) in [5.41, 5.74) is 0.983. The number of nitrogens with zero attached hydrogens (tertiary/aromatic N) is 2. The monoisotopic (exact) mass is 189 g/mol. The lowest BCUT2D eigenvalue weighted by molar-refractivity contribution is 0.893. The quantitative estimate of drug-likeness (QED) is 0.581. The number of hydrogen-bond acceptors (Lipinski definition) is 3. The fourth-order valence-corrected chi connectivity index (χ4v) is 1.21. The zero-order valence-corrected chi connectivity index (χ0v) is 8.67. The molecule has 0 fully saturated rings. The molecule has 1 heterocycles. The van der Waals surface area contributed by atoms with Gasteiger partial charge in [0.05, 0.1) is 0 Å². The predicted molar refractivity (Wildman–Crippen MR) is 58.1 cm³/mol. The number of anilines is 1. The highest BCUT2D eigenvalue weighted by Crippen LogP contribution is 2.05. The minimum Gasteiger partial charge on any atom is -0.370 e. The largest absolute Gasteiger partial charge is 0.370 e. The maximum Gasteiger partial charge on any atom is 0.129 e. The average Bonchev–Trinajstić information content (AvgIpc) is 2.11. The molecule has 1 aromatic heterocycles. The molecule has 0 saturated carbocycles. The lowest BCUT2D eigenvalue weighted by Gasteiger charge is -2.05. The fraction of sp³-hybridized carbons (Fsp3) is 0.455. The molecule has 14 heavy (non-hydrogen) atoms. The second-order valence-electron chi connectivity index (χ2n) is 3.18. The molecule has 0 aromatic carbocycles. The Kier molecular flexibility index (Phi) is 3.93. The first-order chi connectivity index (χ1) is 6.72. The molecule has 0 aliphatic heterocycles. The molecule has 0 aliphatic carbocycles. The summed E-state index contributed by atoms with van der Waals surface area (Å²) in [7, 11) is 0. The first kappa shape index (κ1) is 10.5. The van der Waals surface area contributed by atoms with Crippen LogP contribution in [0.5, 0.6) is 0 Å². The maximum absolute atomic E-state index is 5.15. The summed E-state index contributed by atoms with van der Waals surface area (Å²) in [6.45, 7) is 4.71. The molecule has 0 atom stereocenters. The first-order valence-corrected chi connectivity index (χ1v) is 4.72. The van der Waals surface area contributed by atoms with Gasteiger partial charge >= 0.3 is 0 Å². The van der Waals surface area contributed by atoms with Crippen LogP contribution in [0.2, 0.25) is 0 Å². The number of hydrogen-bond donors (Lipinski definition) is 1. The van der Waals surface area contributed by atoms with Crippen molar-refractivity contribution in [2.45, 2.75) is 26.7 Å². The van der Waals surface area contributed by atoms with Crippen molar-refractivity contribution >= 4 is 5.82 Å². The van der Waals surface area contributed by atoms with E-state index in [4.69, 9.17) is 6.42 Å². The normalized spacial score (nSPS) is 9.50. The molecule has 3 nitrogen and oxygen atoms in total. The third-order valence-electron chi connectivity index (χ3n) is 1.77. The summed E-state index contributed by atoms with van der Waals surface area (Å²) in [4.78, 5) is 8.45. The third-order valence-corrected chi connectivity index (χ3v) is 1.77. The van der Waals surface area contributed by atoms with E-state index >= 15 is 0 Å². The van der Waals surface area contributed by atoms with Crippen molar-refractivity contribution in [2.24, 2.45) is 0 Å². The highest BCUT2D eigenvalue weighted by atomic mass is 15.0. The molecule has 74 valence electrons. The van der Waals surface area contributed by atoms with Crippen LogP contribution in [0.15, 0.2) is 6.07 Å². The first-order valence-electron chi connectivity index (χ1n) is 4.72. The fourth-order valence-electron chi connectivity index (χ4n) is 1.21. The van der Waals surface area contributed by atoms with Crippen LogP contribution in [-0.2, 0) is 0 Å². The van der Waals surface area contributed by atoms with E-state index in [1.165, 1.54) is 0 Å². The predicted octanol–water partition coefficient (Wildman–Crippen LogP) is 1.92. The third kappa shape index (κ3) is 3.44. The van der Waals surface area contributed by atoms with Crippen LogP contribution in [0.3, 0.4) is 0 Å². The Morgan fingerprint density at radius 1 is 1.43 bits per heavy atom. The Morgan fingerprint density at radius 3 is 2.86 bits per heavy atom. The molecule has 0 saturated heterocycles. The Bertz CT molecular complexity index is 319. The van der Waals surface area contributed by atoms with Crippen LogP contribution in [0.1, 0.15) is 24.4 Å². The molecule has 1 rings (SSSR count). The van der Waals surface area contributed by atoms with Gasteiger partial charge in [-0.1, -0.05) is 0 Å². The van der Waals surface area contributed by atoms with Crippen LogP contribution in [0.4, 0.5) is 5.82 Å². The van der Waals surface area contributed by atoms with E-state index in [1.54, 1.807) is 0 Å². The molecule has 0 amide bonds. The Morgan fingerprint density at radius 2 is 2.21 bits per heavy atom. The van der Waals surface area contributed by atoms with Gasteiger partial charge in [0.15, 0.2) is 0 Å². The van der Waals surface area contributed by atoms with Gasteiger partial charge in [0.2, 0.25) is 0 Å². The molecular formula is C11H15N3. The van der Waals surface area contributed by atoms with E-state index in [0.29, 0.717) is 0 Å². The number of aryl methyl sites for hydroxylation is 2. The zero-order valence-electron chi connectivity index (χ0n) is 8.67. The van der Waals surface area contributed by atoms with Crippen molar-refractivity contribution in [1.29, 1.82) is 0 Å². The summed E-state index contributed by atoms with van der Waals surface area (Å²) in [6.07, 6.45) is 6.93. The van der Waals surface area contributed by atoms with Crippen molar-refractivity contribution in [3.8, 4) is 12.3 Å². The van der Waals surface area contributed by atoms with Crippen LogP contribution in [-0.4, -0.2) is 16.5 Å². The van der Waals surface area contributed by atoms with Crippen molar-refractivity contribution < 1.29 is 0 Å². The van der Waals surface area contributed by atoms with E-state index in [0.717, 1.165) is 36.7 Å². The lowest BCUT2D eigenvalue weighted by Crippen LogP contribution is -2.05. The van der Waals surface area contributed by atoms with Gasteiger partial charge in [0.25, 0.3) is 0 Å². The molecule has 0 unspecified atom stereocenters. The summed E-state index contributed by atoms with van der Waals surface area (Å²) in [5, 5.41) is 3.21. The van der Waals surface area contributed by atoms with E-state index in [9.17, 15) is 0 Å². The van der Waals surface area contributed by atoms with Gasteiger partial charge in [-0.2, -0.15) is 0 Å². The van der Waals surface area contributed by atoms with E-state index in [-0.39, 0.29) is 0 Å². The zero-order chi connectivity index (χ0) is 10.4. The average molecular weight is 189 g/mol. The van der Waals surface area contributed by atoms with Crippen molar-refractivity contribution in [3.05, 3.63) is 17.6 Å². The molecule has 0 aliphatic rings. The molecule has 0 bridgehead atoms. The van der Waals surface area contributed by atoms with Gasteiger partial charge in [-0.05, 0) is 20.3 Å². The van der Waals surface area contributed by atoms with Crippen LogP contribution < -0.4 is 5.32 Å². The minimum absolute atomic E-state index is 0.796. The van der Waals surface area contributed by atoms with Crippen molar-refractivity contribution in [3.63, 3.8) is 0 Å². The lowest BCUT2D eigenvalue weighted by atomic mass is 10.3. The minimum atomic E-state index is 0.796. The van der Waals surface area contributed by atoms with Crippen LogP contribution in [0, 0.1) is 26.2 Å². The van der Waals surface area contributed by atoms with Gasteiger partial charge in [-0.25, -0.2) is 9.97 Å². The number of nitrogens with one attached hydrogen (secondary N) is 1. The number of unbranched alkanes of at least 4 members (excludes halogenated alkanes) is 1. The maximum atomic E-state index is 5.15. The molecule has 3 heteroatoms. The van der Waals surface area contributed by atoms with Gasteiger partial charge in [-0.3, -0.25) is 0 Å². The van der Waals surface area contributed by atoms with Crippen LogP contribution in [0.25, 0.3) is 0 Å². The van der Waals surface area contributed by atoms with Gasteiger partial charge in [0.1, 0.15) is 11.6 Å². The van der Waals surface area contributed by atoms with Crippen LogP contribution >= 0.6 is 0 Å².